The molecular formula is C46H38N2. The van der Waals surface area contributed by atoms with Gasteiger partial charge in [-0.05, 0) is 127 Å². The van der Waals surface area contributed by atoms with Gasteiger partial charge in [-0.3, -0.25) is 0 Å². The van der Waals surface area contributed by atoms with Gasteiger partial charge < -0.3 is 9.47 Å². The number of hydrogen-bond acceptors (Lipinski definition) is 1. The summed E-state index contributed by atoms with van der Waals surface area (Å²) in [6, 6.07) is 54.7. The number of nitrogens with zero attached hydrogens (tertiary/aromatic N) is 2. The fourth-order valence-corrected chi connectivity index (χ4v) is 11.2. The Kier molecular flexibility index (Phi) is 5.59. The summed E-state index contributed by atoms with van der Waals surface area (Å²) < 4.78 is 2.45. The predicted octanol–water partition coefficient (Wildman–Crippen LogP) is 12.0. The molecule has 48 heavy (non-hydrogen) atoms. The zero-order chi connectivity index (χ0) is 31.4. The second-order valence-electron chi connectivity index (χ2n) is 15.0. The highest BCUT2D eigenvalue weighted by Crippen LogP contribution is 2.69. The van der Waals surface area contributed by atoms with Crippen molar-refractivity contribution in [3.63, 3.8) is 0 Å². The molecule has 6 aromatic carbocycles. The second-order valence-corrected chi connectivity index (χ2v) is 15.0. The number of fused-ring (bicyclic) bond motifs is 5. The van der Waals surface area contributed by atoms with Crippen molar-refractivity contribution >= 4 is 38.9 Å². The Morgan fingerprint density at radius 1 is 0.438 bits per heavy atom. The molecule has 1 spiro atoms. The molecule has 4 fully saturated rings. The summed E-state index contributed by atoms with van der Waals surface area (Å²) in [6.07, 6.45) is 7.06. The quantitative estimate of drug-likeness (QED) is 0.191. The van der Waals surface area contributed by atoms with Gasteiger partial charge in [0.1, 0.15) is 0 Å². The average Bonchev–Trinajstić information content (AvgIpc) is 3.47. The fourth-order valence-electron chi connectivity index (χ4n) is 11.2. The van der Waals surface area contributed by atoms with Crippen LogP contribution in [0.2, 0.25) is 0 Å². The normalized spacial score (nSPS) is 23.1. The van der Waals surface area contributed by atoms with E-state index in [2.05, 4.69) is 155 Å². The van der Waals surface area contributed by atoms with Crippen LogP contribution in [0.15, 0.2) is 146 Å². The van der Waals surface area contributed by atoms with E-state index in [4.69, 9.17) is 0 Å². The van der Waals surface area contributed by atoms with Gasteiger partial charge in [-0.25, -0.2) is 0 Å². The molecule has 1 aliphatic heterocycles. The van der Waals surface area contributed by atoms with Crippen molar-refractivity contribution in [2.75, 3.05) is 4.90 Å². The molecule has 2 heterocycles. The van der Waals surface area contributed by atoms with Gasteiger partial charge in [-0.2, -0.15) is 0 Å². The number of para-hydroxylation sites is 3. The van der Waals surface area contributed by atoms with Gasteiger partial charge in [0, 0.05) is 27.6 Å². The molecule has 4 saturated carbocycles. The van der Waals surface area contributed by atoms with Crippen LogP contribution in [0.5, 0.6) is 0 Å². The Hall–Kier alpha value is -5.08. The maximum absolute atomic E-state index is 2.59. The average molecular weight is 619 g/mol. The molecular weight excluding hydrogens is 581 g/mol. The van der Waals surface area contributed by atoms with Crippen LogP contribution in [0.1, 0.15) is 43.2 Å². The van der Waals surface area contributed by atoms with E-state index in [9.17, 15) is 0 Å². The summed E-state index contributed by atoms with van der Waals surface area (Å²) in [5.74, 6) is 3.35. The van der Waals surface area contributed by atoms with Gasteiger partial charge in [0.05, 0.1) is 22.4 Å². The molecule has 12 rings (SSSR count). The Labute approximate surface area is 282 Å². The van der Waals surface area contributed by atoms with E-state index in [0.29, 0.717) is 0 Å². The maximum Gasteiger partial charge on any atom is 0.0542 e. The first-order chi connectivity index (χ1) is 23.8. The number of anilines is 3. The van der Waals surface area contributed by atoms with Gasteiger partial charge in [0.2, 0.25) is 0 Å². The third-order valence-electron chi connectivity index (χ3n) is 12.7. The number of benzene rings is 6. The lowest BCUT2D eigenvalue weighted by Gasteiger charge is -2.64. The van der Waals surface area contributed by atoms with Crippen LogP contribution < -0.4 is 4.90 Å². The van der Waals surface area contributed by atoms with Crippen LogP contribution in [0, 0.1) is 23.7 Å². The van der Waals surface area contributed by atoms with Gasteiger partial charge in [0.25, 0.3) is 0 Å². The third-order valence-corrected chi connectivity index (χ3v) is 12.7. The Balaban J connectivity index is 1.11. The van der Waals surface area contributed by atoms with Crippen molar-refractivity contribution in [2.24, 2.45) is 23.7 Å². The smallest absolute Gasteiger partial charge is 0.0542 e. The van der Waals surface area contributed by atoms with E-state index < -0.39 is 0 Å². The van der Waals surface area contributed by atoms with E-state index in [1.807, 2.05) is 0 Å². The van der Waals surface area contributed by atoms with Crippen LogP contribution in [0.3, 0.4) is 0 Å². The Morgan fingerprint density at radius 3 is 1.77 bits per heavy atom. The van der Waals surface area contributed by atoms with Crippen LogP contribution in [0.4, 0.5) is 17.1 Å². The summed E-state index contributed by atoms with van der Waals surface area (Å²) in [4.78, 5) is 2.59. The molecule has 2 nitrogen and oxygen atoms in total. The molecule has 0 saturated heterocycles. The zero-order valence-corrected chi connectivity index (χ0v) is 27.1. The predicted molar refractivity (Wildman–Crippen MR) is 199 cm³/mol. The summed E-state index contributed by atoms with van der Waals surface area (Å²) in [7, 11) is 0. The van der Waals surface area contributed by atoms with Crippen molar-refractivity contribution in [1.29, 1.82) is 0 Å². The minimum atomic E-state index is 0.126. The lowest BCUT2D eigenvalue weighted by atomic mass is 9.41. The first-order valence-corrected chi connectivity index (χ1v) is 18.0. The Bertz CT molecular complexity index is 2300. The standard InChI is InChI=1S/C46H38N2/c1-2-11-32(12-3-1)33-13-10-14-36(28-33)47-42-18-7-4-15-38(42)39-29-37(21-22-43(39)47)48-44-19-8-5-16-40(44)46(41-17-6-9-20-45(41)48)34-24-30-23-31(26-34)27-35(46)25-30/h1-22,28-31,34-35H,23-27H2. The molecule has 7 aromatic rings. The summed E-state index contributed by atoms with van der Waals surface area (Å²) in [5, 5.41) is 2.58. The van der Waals surface area contributed by atoms with E-state index in [0.717, 1.165) is 23.7 Å². The van der Waals surface area contributed by atoms with Crippen molar-refractivity contribution in [3.05, 3.63) is 157 Å². The maximum atomic E-state index is 2.59. The molecule has 0 unspecified atom stereocenters. The summed E-state index contributed by atoms with van der Waals surface area (Å²) in [5.41, 5.74) is 13.4. The first kappa shape index (κ1) is 26.9. The molecule has 232 valence electrons. The topological polar surface area (TPSA) is 8.17 Å². The number of rotatable bonds is 3. The van der Waals surface area contributed by atoms with E-state index >= 15 is 0 Å². The highest BCUT2D eigenvalue weighted by Gasteiger charge is 2.61. The minimum Gasteiger partial charge on any atom is -0.310 e. The molecule has 5 aliphatic rings. The SMILES string of the molecule is c1ccc(-c2cccc(-n3c4ccccc4c4cc(N5c6ccccc6C6(c7ccccc75)C5CC7CC(C5)CC6C7)ccc43)c2)cc1. The number of hydrogen-bond donors (Lipinski definition) is 0. The molecule has 1 aromatic heterocycles. The van der Waals surface area contributed by atoms with Gasteiger partial charge >= 0.3 is 0 Å². The summed E-state index contributed by atoms with van der Waals surface area (Å²) >= 11 is 0. The molecule has 0 amide bonds. The number of aromatic nitrogens is 1. The van der Waals surface area contributed by atoms with Crippen molar-refractivity contribution in [3.8, 4) is 16.8 Å². The highest BCUT2D eigenvalue weighted by atomic mass is 15.2. The molecule has 0 N–H and O–H groups in total. The van der Waals surface area contributed by atoms with E-state index in [1.165, 1.54) is 87.8 Å². The lowest BCUT2D eigenvalue weighted by molar-refractivity contribution is -0.0419. The minimum absolute atomic E-state index is 0.126. The molecule has 0 radical (unpaired) electrons. The lowest BCUT2D eigenvalue weighted by Crippen LogP contribution is -2.57. The van der Waals surface area contributed by atoms with Crippen LogP contribution >= 0.6 is 0 Å². The molecule has 2 heteroatoms. The van der Waals surface area contributed by atoms with Crippen molar-refractivity contribution in [2.45, 2.75) is 37.5 Å². The molecule has 4 aliphatic carbocycles. The largest absolute Gasteiger partial charge is 0.310 e. The van der Waals surface area contributed by atoms with Crippen molar-refractivity contribution in [1.82, 2.24) is 4.57 Å². The fraction of sp³-hybridized carbons (Fsp3) is 0.217. The monoisotopic (exact) mass is 618 g/mol. The molecule has 4 bridgehead atoms. The van der Waals surface area contributed by atoms with Gasteiger partial charge in [-0.15, -0.1) is 0 Å². The Morgan fingerprint density at radius 2 is 1.04 bits per heavy atom. The highest BCUT2D eigenvalue weighted by molar-refractivity contribution is 6.11. The van der Waals surface area contributed by atoms with E-state index in [-0.39, 0.29) is 5.41 Å². The van der Waals surface area contributed by atoms with Crippen molar-refractivity contribution < 1.29 is 0 Å². The summed E-state index contributed by atoms with van der Waals surface area (Å²) in [6.45, 7) is 0. The first-order valence-electron chi connectivity index (χ1n) is 18.0. The van der Waals surface area contributed by atoms with Gasteiger partial charge in [-0.1, -0.05) is 97.1 Å². The third kappa shape index (κ3) is 3.58. The second kappa shape index (κ2) is 9.97. The van der Waals surface area contributed by atoms with Crippen LogP contribution in [0.25, 0.3) is 38.6 Å². The van der Waals surface area contributed by atoms with E-state index in [1.54, 1.807) is 11.1 Å². The van der Waals surface area contributed by atoms with Crippen LogP contribution in [-0.2, 0) is 5.41 Å². The van der Waals surface area contributed by atoms with Gasteiger partial charge in [0.15, 0.2) is 0 Å². The van der Waals surface area contributed by atoms with Crippen LogP contribution in [-0.4, -0.2) is 4.57 Å². The molecule has 0 atom stereocenters. The zero-order valence-electron chi connectivity index (χ0n) is 27.1.